The molecular weight excluding hydrogens is 364 g/mol. The number of halogens is 1. The minimum absolute atomic E-state index is 0.0285. The van der Waals surface area contributed by atoms with Gasteiger partial charge in [0.25, 0.3) is 0 Å². The predicted molar refractivity (Wildman–Crippen MR) is 101 cm³/mol. The number of ketones is 1. The Balaban J connectivity index is 1.72. The highest BCUT2D eigenvalue weighted by atomic mass is 79.9. The number of carbonyl (C=O) groups excluding carboxylic acids is 1. The van der Waals surface area contributed by atoms with Gasteiger partial charge in [-0.3, -0.25) is 4.79 Å². The Kier molecular flexibility index (Phi) is 5.11. The van der Waals surface area contributed by atoms with Crippen molar-refractivity contribution < 1.29 is 9.21 Å². The molecular formula is C21H17BrO2. The number of allylic oxidation sites excluding steroid dienone is 1. The van der Waals surface area contributed by atoms with Gasteiger partial charge in [0.05, 0.1) is 0 Å². The molecule has 1 aromatic heterocycles. The van der Waals surface area contributed by atoms with Gasteiger partial charge in [-0.1, -0.05) is 59.3 Å². The Morgan fingerprint density at radius 2 is 1.71 bits per heavy atom. The Morgan fingerprint density at radius 1 is 1.00 bits per heavy atom. The molecule has 0 aliphatic heterocycles. The molecule has 0 amide bonds. The Labute approximate surface area is 150 Å². The number of aryl methyl sites for hydroxylation is 1. The van der Waals surface area contributed by atoms with Crippen molar-refractivity contribution in [3.63, 3.8) is 0 Å². The van der Waals surface area contributed by atoms with Crippen molar-refractivity contribution in [1.29, 1.82) is 0 Å². The molecule has 120 valence electrons. The quantitative estimate of drug-likeness (QED) is 0.391. The molecule has 0 saturated heterocycles. The molecule has 0 atom stereocenters. The largest absolute Gasteiger partial charge is 0.457 e. The summed E-state index contributed by atoms with van der Waals surface area (Å²) in [6.45, 7) is 2.09. The van der Waals surface area contributed by atoms with Crippen LogP contribution in [0.1, 0.15) is 28.6 Å². The predicted octanol–water partition coefficient (Wildman–Crippen LogP) is 6.17. The summed E-state index contributed by atoms with van der Waals surface area (Å²) in [6.07, 6.45) is 4.22. The fourth-order valence-corrected chi connectivity index (χ4v) is 2.63. The molecule has 24 heavy (non-hydrogen) atoms. The summed E-state index contributed by atoms with van der Waals surface area (Å²) in [6, 6.07) is 19.4. The molecule has 0 spiro atoms. The van der Waals surface area contributed by atoms with Crippen molar-refractivity contribution in [2.75, 3.05) is 0 Å². The Bertz CT molecular complexity index is 856. The summed E-state index contributed by atoms with van der Waals surface area (Å²) in [4.78, 5) is 12.2. The van der Waals surface area contributed by atoms with Crippen molar-refractivity contribution >= 4 is 27.8 Å². The van der Waals surface area contributed by atoms with Gasteiger partial charge in [0.1, 0.15) is 11.5 Å². The number of hydrogen-bond donors (Lipinski definition) is 0. The lowest BCUT2D eigenvalue weighted by molar-refractivity contribution is 0.104. The lowest BCUT2D eigenvalue weighted by Crippen LogP contribution is -1.94. The van der Waals surface area contributed by atoms with E-state index in [1.165, 1.54) is 5.56 Å². The summed E-state index contributed by atoms with van der Waals surface area (Å²) in [5.74, 6) is 1.41. The van der Waals surface area contributed by atoms with Crippen LogP contribution >= 0.6 is 15.9 Å². The maximum absolute atomic E-state index is 12.2. The van der Waals surface area contributed by atoms with Crippen LogP contribution in [0.2, 0.25) is 0 Å². The molecule has 0 fully saturated rings. The van der Waals surface area contributed by atoms with Gasteiger partial charge in [-0.2, -0.15) is 0 Å². The van der Waals surface area contributed by atoms with Crippen LogP contribution in [0.15, 0.2) is 75.6 Å². The Morgan fingerprint density at radius 3 is 2.38 bits per heavy atom. The second-order valence-electron chi connectivity index (χ2n) is 5.46. The first-order valence-electron chi connectivity index (χ1n) is 7.83. The highest BCUT2D eigenvalue weighted by Gasteiger charge is 2.05. The summed E-state index contributed by atoms with van der Waals surface area (Å²) in [5.41, 5.74) is 2.91. The maximum Gasteiger partial charge on any atom is 0.185 e. The van der Waals surface area contributed by atoms with Crippen LogP contribution in [0, 0.1) is 0 Å². The first-order valence-corrected chi connectivity index (χ1v) is 8.62. The van der Waals surface area contributed by atoms with Crippen LogP contribution in [0.25, 0.3) is 17.4 Å². The number of hydrogen-bond acceptors (Lipinski definition) is 2. The topological polar surface area (TPSA) is 30.2 Å². The van der Waals surface area contributed by atoms with E-state index in [4.69, 9.17) is 4.42 Å². The molecule has 0 aliphatic rings. The fraction of sp³-hybridized carbons (Fsp3) is 0.0952. The van der Waals surface area contributed by atoms with Crippen molar-refractivity contribution in [2.45, 2.75) is 13.3 Å². The van der Waals surface area contributed by atoms with E-state index in [0.717, 1.165) is 22.2 Å². The van der Waals surface area contributed by atoms with Crippen molar-refractivity contribution in [1.82, 2.24) is 0 Å². The van der Waals surface area contributed by atoms with Gasteiger partial charge in [-0.15, -0.1) is 0 Å². The summed E-state index contributed by atoms with van der Waals surface area (Å²) in [7, 11) is 0. The van der Waals surface area contributed by atoms with Crippen LogP contribution in [0.5, 0.6) is 0 Å². The highest BCUT2D eigenvalue weighted by molar-refractivity contribution is 9.10. The number of rotatable bonds is 5. The molecule has 1 heterocycles. The van der Waals surface area contributed by atoms with E-state index in [9.17, 15) is 4.79 Å². The number of benzene rings is 2. The van der Waals surface area contributed by atoms with Crippen LogP contribution in [0.3, 0.4) is 0 Å². The van der Waals surface area contributed by atoms with Gasteiger partial charge >= 0.3 is 0 Å². The normalized spacial score (nSPS) is 11.1. The van der Waals surface area contributed by atoms with E-state index in [2.05, 4.69) is 22.9 Å². The summed E-state index contributed by atoms with van der Waals surface area (Å²) in [5, 5.41) is 0. The van der Waals surface area contributed by atoms with E-state index in [-0.39, 0.29) is 5.78 Å². The molecule has 0 N–H and O–H groups in total. The van der Waals surface area contributed by atoms with Crippen LogP contribution in [0.4, 0.5) is 0 Å². The van der Waals surface area contributed by atoms with Gasteiger partial charge in [-0.05, 0) is 48.4 Å². The summed E-state index contributed by atoms with van der Waals surface area (Å²) >= 11 is 3.42. The first-order chi connectivity index (χ1) is 11.7. The molecule has 0 bridgehead atoms. The smallest absolute Gasteiger partial charge is 0.185 e. The Hall–Kier alpha value is -2.39. The van der Waals surface area contributed by atoms with E-state index in [1.54, 1.807) is 12.2 Å². The molecule has 3 rings (SSSR count). The minimum Gasteiger partial charge on any atom is -0.457 e. The SMILES string of the molecule is CCc1ccc(C(=O)/C=C/c2ccc(-c3ccc(Br)cc3)o2)cc1. The molecule has 2 aromatic carbocycles. The van der Waals surface area contributed by atoms with E-state index < -0.39 is 0 Å². The summed E-state index contributed by atoms with van der Waals surface area (Å²) < 4.78 is 6.80. The van der Waals surface area contributed by atoms with Gasteiger partial charge in [0.15, 0.2) is 5.78 Å². The molecule has 0 unspecified atom stereocenters. The third-order valence-corrected chi connectivity index (χ3v) is 4.33. The van der Waals surface area contributed by atoms with Gasteiger partial charge in [-0.25, -0.2) is 0 Å². The lowest BCUT2D eigenvalue weighted by Gasteiger charge is -1.98. The average Bonchev–Trinajstić information content (AvgIpc) is 3.09. The van der Waals surface area contributed by atoms with Crippen molar-refractivity contribution in [3.05, 3.63) is 88.1 Å². The number of carbonyl (C=O) groups is 1. The molecule has 0 radical (unpaired) electrons. The second kappa shape index (κ2) is 7.45. The van der Waals surface area contributed by atoms with E-state index >= 15 is 0 Å². The standard InChI is InChI=1S/C21H17BrO2/c1-2-15-3-5-16(6-4-15)20(23)13-11-19-12-14-21(24-19)17-7-9-18(22)10-8-17/h3-14H,2H2,1H3/b13-11+. The first kappa shape index (κ1) is 16.5. The zero-order valence-corrected chi connectivity index (χ0v) is 14.9. The number of furan rings is 1. The van der Waals surface area contributed by atoms with Crippen molar-refractivity contribution in [2.24, 2.45) is 0 Å². The van der Waals surface area contributed by atoms with E-state index in [1.807, 2.05) is 60.7 Å². The lowest BCUT2D eigenvalue weighted by atomic mass is 10.1. The molecule has 2 nitrogen and oxygen atoms in total. The zero-order valence-electron chi connectivity index (χ0n) is 13.3. The third-order valence-electron chi connectivity index (χ3n) is 3.80. The third kappa shape index (κ3) is 3.92. The van der Waals surface area contributed by atoms with Crippen LogP contribution in [-0.2, 0) is 6.42 Å². The maximum atomic E-state index is 12.2. The van der Waals surface area contributed by atoms with Crippen molar-refractivity contribution in [3.8, 4) is 11.3 Å². The minimum atomic E-state index is -0.0285. The second-order valence-corrected chi connectivity index (χ2v) is 6.37. The van der Waals surface area contributed by atoms with Gasteiger partial charge < -0.3 is 4.42 Å². The zero-order chi connectivity index (χ0) is 16.9. The van der Waals surface area contributed by atoms with Gasteiger partial charge in [0.2, 0.25) is 0 Å². The molecule has 3 heteroatoms. The fourth-order valence-electron chi connectivity index (χ4n) is 2.37. The molecule has 0 saturated carbocycles. The van der Waals surface area contributed by atoms with E-state index in [0.29, 0.717) is 11.3 Å². The van der Waals surface area contributed by atoms with Crippen LogP contribution < -0.4 is 0 Å². The average molecular weight is 381 g/mol. The van der Waals surface area contributed by atoms with Gasteiger partial charge in [0, 0.05) is 15.6 Å². The highest BCUT2D eigenvalue weighted by Crippen LogP contribution is 2.24. The van der Waals surface area contributed by atoms with Crippen LogP contribution in [-0.4, -0.2) is 5.78 Å². The molecule has 0 aliphatic carbocycles. The monoisotopic (exact) mass is 380 g/mol. The molecule has 3 aromatic rings.